The molecule has 0 aromatic carbocycles. The van der Waals surface area contributed by atoms with Crippen molar-refractivity contribution in [1.29, 1.82) is 5.26 Å². The third kappa shape index (κ3) is 5.18. The number of aryl methyl sites for hydroxylation is 1. The van der Waals surface area contributed by atoms with E-state index < -0.39 is 5.92 Å². The number of nitrogens with zero attached hydrogens (tertiary/aromatic N) is 8. The Morgan fingerprint density at radius 1 is 1.16 bits per heavy atom. The molecule has 0 atom stereocenters. The normalized spacial score (nSPS) is 19.2. The van der Waals surface area contributed by atoms with E-state index in [0.29, 0.717) is 5.56 Å². The number of piperazine rings is 1. The molecule has 1 aliphatic carbocycles. The zero-order chi connectivity index (χ0) is 26.2. The molecule has 10 heteroatoms. The highest BCUT2D eigenvalue weighted by molar-refractivity contribution is 5.84. The maximum atomic E-state index is 13.2. The number of fused-ring (bicyclic) bond motifs is 1. The molecule has 37 heavy (non-hydrogen) atoms. The first-order chi connectivity index (χ1) is 17.8. The van der Waals surface area contributed by atoms with Crippen LogP contribution in [-0.2, 0) is 7.05 Å². The van der Waals surface area contributed by atoms with Crippen molar-refractivity contribution in [3.8, 4) is 17.2 Å². The number of aromatic nitrogens is 4. The number of pyridine rings is 1. The Balaban J connectivity index is 1.35. The molecule has 0 bridgehead atoms. The van der Waals surface area contributed by atoms with Crippen molar-refractivity contribution in [2.45, 2.75) is 25.7 Å². The Morgan fingerprint density at radius 2 is 1.92 bits per heavy atom. The number of hydrogen-bond donors (Lipinski definition) is 0. The molecule has 0 spiro atoms. The summed E-state index contributed by atoms with van der Waals surface area (Å²) in [5.41, 5.74) is 5.02. The largest absolute Gasteiger partial charge is 0.354 e. The van der Waals surface area contributed by atoms with Gasteiger partial charge in [-0.2, -0.15) is 15.5 Å². The van der Waals surface area contributed by atoms with Crippen LogP contribution in [0.5, 0.6) is 0 Å². The quantitative estimate of drug-likeness (QED) is 0.356. The van der Waals surface area contributed by atoms with Crippen molar-refractivity contribution >= 4 is 17.8 Å². The zero-order valence-electron chi connectivity index (χ0n) is 21.1. The fourth-order valence-corrected chi connectivity index (χ4v) is 5.22. The lowest BCUT2D eigenvalue weighted by Crippen LogP contribution is -2.50. The van der Waals surface area contributed by atoms with E-state index >= 15 is 0 Å². The smallest absolute Gasteiger partial charge is 0.248 e. The molecular formula is C27H30F2N8. The van der Waals surface area contributed by atoms with E-state index in [-0.39, 0.29) is 18.8 Å². The van der Waals surface area contributed by atoms with Crippen molar-refractivity contribution in [2.24, 2.45) is 18.0 Å². The Hall–Kier alpha value is -3.84. The highest BCUT2D eigenvalue weighted by Gasteiger charge is 2.45. The molecule has 1 saturated carbocycles. The molecule has 0 unspecified atom stereocenters. The Morgan fingerprint density at radius 3 is 2.54 bits per heavy atom. The summed E-state index contributed by atoms with van der Waals surface area (Å²) in [5, 5.41) is 18.3. The van der Waals surface area contributed by atoms with Gasteiger partial charge >= 0.3 is 0 Å². The zero-order valence-corrected chi connectivity index (χ0v) is 21.1. The maximum Gasteiger partial charge on any atom is 0.248 e. The van der Waals surface area contributed by atoms with Gasteiger partial charge < -0.3 is 4.90 Å². The highest BCUT2D eigenvalue weighted by Crippen LogP contribution is 2.42. The second-order valence-corrected chi connectivity index (χ2v) is 9.96. The first-order valence-corrected chi connectivity index (χ1v) is 12.4. The second-order valence-electron chi connectivity index (χ2n) is 9.96. The number of hydrogen-bond acceptors (Lipinski definition) is 6. The minimum Gasteiger partial charge on any atom is -0.354 e. The molecule has 0 radical (unpaired) electrons. The number of aliphatic imine (C=N–C) groups is 1. The van der Waals surface area contributed by atoms with Crippen LogP contribution in [0.1, 0.15) is 30.9 Å². The summed E-state index contributed by atoms with van der Waals surface area (Å²) in [4.78, 5) is 8.69. The molecule has 0 amide bonds. The molecule has 3 aromatic heterocycles. The molecule has 5 rings (SSSR count). The van der Waals surface area contributed by atoms with Crippen LogP contribution in [-0.4, -0.2) is 74.6 Å². The third-order valence-corrected chi connectivity index (χ3v) is 7.23. The fourth-order valence-electron chi connectivity index (χ4n) is 5.22. The second kappa shape index (κ2) is 9.90. The van der Waals surface area contributed by atoms with E-state index in [0.717, 1.165) is 66.3 Å². The van der Waals surface area contributed by atoms with Gasteiger partial charge in [0.2, 0.25) is 5.92 Å². The van der Waals surface area contributed by atoms with Gasteiger partial charge in [0.25, 0.3) is 0 Å². The number of alkyl halides is 2. The van der Waals surface area contributed by atoms with Crippen molar-refractivity contribution in [3.05, 3.63) is 60.0 Å². The van der Waals surface area contributed by atoms with Crippen LogP contribution in [0.2, 0.25) is 0 Å². The van der Waals surface area contributed by atoms with Gasteiger partial charge in [-0.3, -0.25) is 9.58 Å². The van der Waals surface area contributed by atoms with Gasteiger partial charge in [-0.1, -0.05) is 6.08 Å². The number of rotatable bonds is 7. The molecule has 0 N–H and O–H groups in total. The summed E-state index contributed by atoms with van der Waals surface area (Å²) >= 11 is 0. The Bertz CT molecular complexity index is 1410. The van der Waals surface area contributed by atoms with Gasteiger partial charge in [0.15, 0.2) is 0 Å². The van der Waals surface area contributed by atoms with E-state index in [1.807, 2.05) is 38.5 Å². The lowest BCUT2D eigenvalue weighted by atomic mass is 9.81. The van der Waals surface area contributed by atoms with Gasteiger partial charge in [-0.15, -0.1) is 0 Å². The topological polar surface area (TPSA) is 77.8 Å². The van der Waals surface area contributed by atoms with Crippen molar-refractivity contribution in [2.75, 3.05) is 32.7 Å². The lowest BCUT2D eigenvalue weighted by molar-refractivity contribution is -0.117. The predicted octanol–water partition coefficient (Wildman–Crippen LogP) is 4.21. The SMILES string of the molecule is C=N/C(=C\C=C(/C)c1cc(-c2cnn(C)c2)cn2ncc(C#N)c12)N1CCN(CC2CC(F)(F)C2)CC1. The number of allylic oxidation sites excluding steroid dienone is 3. The van der Waals surface area contributed by atoms with Gasteiger partial charge in [0, 0.05) is 81.7 Å². The van der Waals surface area contributed by atoms with Crippen LogP contribution in [0.15, 0.2) is 53.8 Å². The molecule has 3 aromatic rings. The molecule has 192 valence electrons. The minimum absolute atomic E-state index is 0.0105. The fraction of sp³-hybridized carbons (Fsp3) is 0.407. The van der Waals surface area contributed by atoms with Crippen LogP contribution in [0.25, 0.3) is 22.2 Å². The maximum absolute atomic E-state index is 13.2. The van der Waals surface area contributed by atoms with Gasteiger partial charge in [-0.05, 0) is 37.3 Å². The summed E-state index contributed by atoms with van der Waals surface area (Å²) in [6.07, 6.45) is 11.2. The third-order valence-electron chi connectivity index (χ3n) is 7.23. The standard InChI is InChI=1S/C27H30F2N8/c1-19(4-5-25(31-2)36-8-6-35(7-9-36)16-20-11-27(28,29)12-20)24-10-21(23-15-32-34(3)17-23)18-37-26(24)22(13-30)14-33-37/h4-5,10,14-15,17-18,20H,2,6-9,11-12,16H2,1,3H3/b19-4+,25-5+. The monoisotopic (exact) mass is 504 g/mol. The van der Waals surface area contributed by atoms with E-state index in [2.05, 4.69) is 43.8 Å². The molecular weight excluding hydrogens is 474 g/mol. The van der Waals surface area contributed by atoms with Gasteiger partial charge in [0.1, 0.15) is 11.9 Å². The molecule has 1 saturated heterocycles. The molecule has 8 nitrogen and oxygen atoms in total. The van der Waals surface area contributed by atoms with Crippen LogP contribution in [0, 0.1) is 17.2 Å². The average molecular weight is 505 g/mol. The summed E-state index contributed by atoms with van der Waals surface area (Å²) in [5.74, 6) is -1.60. The minimum atomic E-state index is -2.46. The van der Waals surface area contributed by atoms with Gasteiger partial charge in [0.05, 0.1) is 23.5 Å². The van der Waals surface area contributed by atoms with Crippen molar-refractivity contribution in [3.63, 3.8) is 0 Å². The first-order valence-electron chi connectivity index (χ1n) is 12.4. The highest BCUT2D eigenvalue weighted by atomic mass is 19.3. The lowest BCUT2D eigenvalue weighted by Gasteiger charge is -2.41. The summed E-state index contributed by atoms with van der Waals surface area (Å²) in [6.45, 7) is 9.66. The molecule has 1 aliphatic heterocycles. The van der Waals surface area contributed by atoms with E-state index in [9.17, 15) is 14.0 Å². The van der Waals surface area contributed by atoms with Crippen molar-refractivity contribution in [1.82, 2.24) is 29.2 Å². The average Bonchev–Trinajstić information content (AvgIpc) is 3.49. The molecule has 2 aliphatic rings. The van der Waals surface area contributed by atoms with E-state index in [1.165, 1.54) is 0 Å². The van der Waals surface area contributed by atoms with E-state index in [4.69, 9.17) is 0 Å². The van der Waals surface area contributed by atoms with Crippen LogP contribution in [0.4, 0.5) is 8.78 Å². The van der Waals surface area contributed by atoms with Crippen LogP contribution < -0.4 is 0 Å². The number of halogens is 2. The predicted molar refractivity (Wildman–Crippen MR) is 139 cm³/mol. The summed E-state index contributed by atoms with van der Waals surface area (Å²) < 4.78 is 29.8. The van der Waals surface area contributed by atoms with E-state index in [1.54, 1.807) is 21.6 Å². The summed E-state index contributed by atoms with van der Waals surface area (Å²) in [7, 11) is 1.87. The molecule has 4 heterocycles. The van der Waals surface area contributed by atoms with Crippen molar-refractivity contribution < 1.29 is 8.78 Å². The number of nitriles is 1. The van der Waals surface area contributed by atoms with Crippen LogP contribution in [0.3, 0.4) is 0 Å². The molecule has 2 fully saturated rings. The van der Waals surface area contributed by atoms with Gasteiger partial charge in [-0.25, -0.2) is 18.3 Å². The Kier molecular flexibility index (Phi) is 6.65. The summed E-state index contributed by atoms with van der Waals surface area (Å²) in [6, 6.07) is 4.30. The Labute approximate surface area is 214 Å². The van der Waals surface area contributed by atoms with Crippen LogP contribution >= 0.6 is 0 Å². The first kappa shape index (κ1) is 24.8.